The summed E-state index contributed by atoms with van der Waals surface area (Å²) in [5.74, 6) is -7.79. The number of azo groups is 5. The Kier molecular flexibility index (Phi) is 19.9. The molecule has 0 spiro atoms. The van der Waals surface area contributed by atoms with E-state index in [1.54, 1.807) is 0 Å². The van der Waals surface area contributed by atoms with E-state index < -0.39 is 203 Å². The predicted molar refractivity (Wildman–Crippen MR) is 359 cm³/mol. The number of ether oxygens (including phenoxy) is 1. The van der Waals surface area contributed by atoms with Gasteiger partial charge in [-0.2, -0.15) is 79.4 Å². The van der Waals surface area contributed by atoms with Gasteiger partial charge in [-0.25, -0.2) is 4.79 Å². The second kappa shape index (κ2) is 27.5. The molecule has 10 aromatic carbocycles. The smallest absolute Gasteiger partial charge is 0.339 e. The van der Waals surface area contributed by atoms with Crippen molar-refractivity contribution in [2.45, 2.75) is 42.7 Å². The molecule has 0 bridgehead atoms. The number of nitrogen functional groups attached to an aromatic ring is 1. The van der Waals surface area contributed by atoms with Crippen molar-refractivity contribution in [3.63, 3.8) is 0 Å². The molecule has 0 saturated heterocycles. The average Bonchev–Trinajstić information content (AvgIpc) is 0.758. The lowest BCUT2D eigenvalue weighted by Gasteiger charge is -2.13. The molecule has 0 atom stereocenters. The number of fused-ring (bicyclic) bond motifs is 4. The van der Waals surface area contributed by atoms with Gasteiger partial charge < -0.3 is 41.1 Å². The van der Waals surface area contributed by atoms with Crippen LogP contribution < -0.4 is 10.5 Å². The lowest BCUT2D eigenvalue weighted by atomic mass is 10.1. The van der Waals surface area contributed by atoms with Gasteiger partial charge in [0.2, 0.25) is 0 Å². The molecule has 104 heavy (non-hydrogen) atoms. The minimum atomic E-state index is -5.54. The van der Waals surface area contributed by atoms with Crippen molar-refractivity contribution in [1.82, 2.24) is 0 Å². The van der Waals surface area contributed by atoms with Gasteiger partial charge in [-0.05, 0) is 127 Å². The highest BCUT2D eigenvalue weighted by Crippen LogP contribution is 2.50. The number of aromatic hydroxyl groups is 5. The van der Waals surface area contributed by atoms with E-state index in [-0.39, 0.29) is 73.1 Å². The monoisotopic (exact) mass is 1570 g/mol. The Morgan fingerprint density at radius 2 is 0.894 bits per heavy atom. The molecule has 0 radical (unpaired) electrons. The van der Waals surface area contributed by atoms with E-state index in [0.29, 0.717) is 24.3 Å². The van der Waals surface area contributed by atoms with Gasteiger partial charge in [0.1, 0.15) is 70.8 Å². The first-order chi connectivity index (χ1) is 48.2. The summed E-state index contributed by atoms with van der Waals surface area (Å²) >= 11 is 0. The number of rotatable bonds is 22. The summed E-state index contributed by atoms with van der Waals surface area (Å²) in [7, 11) is -36.5. The van der Waals surface area contributed by atoms with Gasteiger partial charge in [0.15, 0.2) is 17.2 Å². The molecular weight excluding hydrogens is 1530 g/mol. The lowest BCUT2D eigenvalue weighted by Crippen LogP contribution is -2.08. The highest BCUT2D eigenvalue weighted by Gasteiger charge is 2.30. The molecule has 0 amide bonds. The first-order valence-electron chi connectivity index (χ1n) is 27.9. The van der Waals surface area contributed by atoms with E-state index >= 15 is 0 Å². The summed E-state index contributed by atoms with van der Waals surface area (Å²) in [6.45, 7) is 0.875. The minimum absolute atomic E-state index is 0.0940. The molecular formula is C57H43N11O29S7. The van der Waals surface area contributed by atoms with Crippen LogP contribution in [0.25, 0.3) is 43.1 Å². The number of nitrogens with two attached hydrogens (primary N) is 1. The predicted octanol–water partition coefficient (Wildman–Crippen LogP) is 11.6. The molecule has 0 saturated carbocycles. The highest BCUT2D eigenvalue weighted by atomic mass is 32.2. The Labute approximate surface area is 582 Å². The van der Waals surface area contributed by atoms with Crippen LogP contribution in [0, 0.1) is 6.92 Å². The van der Waals surface area contributed by atoms with Crippen molar-refractivity contribution in [1.29, 1.82) is 0 Å². The Morgan fingerprint density at radius 1 is 0.404 bits per heavy atom. The largest absolute Gasteiger partial charge is 0.507 e. The molecule has 0 aliphatic rings. The zero-order valence-corrected chi connectivity index (χ0v) is 57.1. The molecule has 0 heterocycles. The maximum atomic E-state index is 13.1. The number of carbonyl (C=O) groups is 1. The third-order valence-electron chi connectivity index (χ3n) is 14.7. The molecule has 0 fully saturated rings. The number of carboxylic acid groups (broad SMARTS) is 1. The minimum Gasteiger partial charge on any atom is -0.507 e. The first kappa shape index (κ1) is 75.3. The number of phenolic OH excluding ortho intramolecular Hbond substituents is 4. The van der Waals surface area contributed by atoms with Gasteiger partial charge in [-0.15, -0.1) is 30.7 Å². The lowest BCUT2D eigenvalue weighted by molar-refractivity contribution is 0.0693. The van der Waals surface area contributed by atoms with E-state index in [2.05, 4.69) is 51.1 Å². The maximum Gasteiger partial charge on any atom is 0.339 e. The second-order valence-electron chi connectivity index (χ2n) is 21.7. The molecule has 0 aliphatic heterocycles. The number of phenols is 5. The number of nitrogens with zero attached hydrogens (tertiary/aromatic N) is 10. The first-order valence-corrected chi connectivity index (χ1v) is 38.2. The van der Waals surface area contributed by atoms with Crippen molar-refractivity contribution >= 4 is 182 Å². The van der Waals surface area contributed by atoms with Gasteiger partial charge in [-0.1, -0.05) is 0 Å². The average molecular weight is 1570 g/mol. The Hall–Kier alpha value is -11.3. The van der Waals surface area contributed by atoms with Gasteiger partial charge in [-0.3, -0.25) is 31.9 Å². The fourth-order valence-corrected chi connectivity index (χ4v) is 14.2. The zero-order chi connectivity index (χ0) is 76.5. The van der Waals surface area contributed by atoms with Crippen molar-refractivity contribution in [3.8, 4) is 34.5 Å². The molecule has 10 aromatic rings. The summed E-state index contributed by atoms with van der Waals surface area (Å²) in [5, 5.41) is 100. The molecule has 10 rings (SSSR count). The number of anilines is 1. The van der Waals surface area contributed by atoms with E-state index in [4.69, 9.17) is 10.5 Å². The summed E-state index contributed by atoms with van der Waals surface area (Å²) < 4.78 is 251. The van der Waals surface area contributed by atoms with Crippen molar-refractivity contribution < 1.29 is 131 Å². The number of carboxylic acids is 1. The molecule has 0 aromatic heterocycles. The van der Waals surface area contributed by atoms with E-state index in [9.17, 15) is 126 Å². The van der Waals surface area contributed by atoms with Gasteiger partial charge in [0.05, 0.1) is 61.7 Å². The van der Waals surface area contributed by atoms with Crippen LogP contribution in [0.4, 0.5) is 62.6 Å². The van der Waals surface area contributed by atoms with Crippen molar-refractivity contribution in [2.24, 2.45) is 51.1 Å². The quantitative estimate of drug-likeness (QED) is 0.0130. The Bertz CT molecular complexity index is 6460. The molecule has 40 nitrogen and oxygen atoms in total. The summed E-state index contributed by atoms with van der Waals surface area (Å²) in [6.07, 6.45) is -0.370. The summed E-state index contributed by atoms with van der Waals surface area (Å²) in [6, 6.07) is 16.6. The second-order valence-corrected chi connectivity index (χ2v) is 31.7. The number of hydrogen-bond acceptors (Lipinski definition) is 32. The summed E-state index contributed by atoms with van der Waals surface area (Å²) in [4.78, 5) is 4.74. The Morgan fingerprint density at radius 3 is 1.46 bits per heavy atom. The van der Waals surface area contributed by atoms with Gasteiger partial charge in [0.25, 0.3) is 70.8 Å². The molecule has 47 heteroatoms. The maximum absolute atomic E-state index is 13.1. The third kappa shape index (κ3) is 16.1. The van der Waals surface area contributed by atoms with Gasteiger partial charge >= 0.3 is 5.97 Å². The fraction of sp³-hybridized carbons (Fsp3) is 0.0702. The van der Waals surface area contributed by atoms with Crippen LogP contribution in [0.1, 0.15) is 22.3 Å². The van der Waals surface area contributed by atoms with Crippen molar-refractivity contribution in [2.75, 3.05) is 18.1 Å². The summed E-state index contributed by atoms with van der Waals surface area (Å²) in [5.41, 5.74) is -0.384. The topological polar surface area (TPSA) is 678 Å². The highest BCUT2D eigenvalue weighted by molar-refractivity contribution is 7.87. The zero-order valence-electron chi connectivity index (χ0n) is 51.3. The SMILES string of the molecule is Cc1cc(N=Nc2c(S(=O)(=O)O)cc3cc(N=Nc4c(N)ccc5c(O)c(/N=N/c6cc(S(=O)(=O)O)c7cc(S(=O)(=O)O)c(/N=N\c8ccc(C(=O)O)c(O)c8)c(O)c7c6)c(S(=O)(=O)O)cc45)ccc3c2O)c(OCCCS(=O)(=O)O)cc1/N=N\c1cc(S(=O)(=O)O)cc2cc(S(=O)(=O)O)cc(O)c12. The normalized spacial score (nSPS) is 13.2. The number of hydrogen-bond donors (Lipinski definition) is 14. The van der Waals surface area contributed by atoms with Crippen LogP contribution in [0.3, 0.4) is 0 Å². The number of benzene rings is 10. The molecule has 0 aliphatic carbocycles. The van der Waals surface area contributed by atoms with Crippen LogP contribution in [-0.2, 0) is 70.8 Å². The number of aryl methyl sites for hydroxylation is 1. The number of aromatic carboxylic acids is 1. The molecule has 542 valence electrons. The van der Waals surface area contributed by atoms with Crippen LogP contribution >= 0.6 is 0 Å². The fourth-order valence-electron chi connectivity index (χ4n) is 9.96. The molecule has 0 unspecified atom stereocenters. The van der Waals surface area contributed by atoms with Crippen LogP contribution in [0.15, 0.2) is 196 Å². The van der Waals surface area contributed by atoms with Gasteiger partial charge in [0, 0.05) is 45.1 Å². The van der Waals surface area contributed by atoms with E-state index in [0.717, 1.165) is 78.9 Å². The standard InChI is InChI=1S/C57H43N11O29S7/c1-24-11-40(44(97-9-2-10-98(76,77)78)23-39(24)62-64-41-19-30(99(79,80)81)13-26-14-31(100(82,83)84)20-43(70)49(26)41)63-68-51-46(102(88,89)90)15-25-12-27(3-5-32(25)54(51)71)59-65-50-36-22-48(104(94,95)96)52(55(72)33(36)7-8-38(50)58)67-61-29-16-37-35(45(18-29)101(85,86)87)21-47(103(91,92)93)53(56(37)73)66-60-28-4-6-34(57(74)75)42(69)17-28/h3-8,11-23,69-73H,2,9-10,58H2,1H3,(H,74,75)(H,76,77,78)(H,79,80,81)(H,82,83,84)(H,85,86,87)(H,88,89,90)(H,91,92,93)(H,94,95,96)/b64-62-,65-59?,66-60-,67-61+,68-63?. The van der Waals surface area contributed by atoms with Crippen LogP contribution in [0.2, 0.25) is 0 Å². The van der Waals surface area contributed by atoms with Crippen LogP contribution in [0.5, 0.6) is 34.5 Å². The van der Waals surface area contributed by atoms with E-state index in [1.807, 2.05) is 0 Å². The Balaban J connectivity index is 1.01. The van der Waals surface area contributed by atoms with Crippen LogP contribution in [-0.4, -0.2) is 140 Å². The molecule has 15 N–H and O–H groups in total. The third-order valence-corrected chi connectivity index (χ3v) is 20.6. The van der Waals surface area contributed by atoms with E-state index in [1.165, 1.54) is 19.1 Å². The van der Waals surface area contributed by atoms with Crippen molar-refractivity contribution in [3.05, 3.63) is 126 Å².